The van der Waals surface area contributed by atoms with Gasteiger partial charge in [0.15, 0.2) is 0 Å². The molecule has 0 saturated carbocycles. The zero-order chi connectivity index (χ0) is 12.7. The SMILES string of the molecule is C=C1CCCC/C(Cl)=C\C=C1OCCC(C)C. The summed E-state index contributed by atoms with van der Waals surface area (Å²) in [5, 5.41) is 0.907. The monoisotopic (exact) mass is 254 g/mol. The summed E-state index contributed by atoms with van der Waals surface area (Å²) in [4.78, 5) is 0. The van der Waals surface area contributed by atoms with E-state index in [4.69, 9.17) is 16.3 Å². The zero-order valence-electron chi connectivity index (χ0n) is 11.0. The molecule has 0 fully saturated rings. The number of allylic oxidation sites excluding steroid dienone is 4. The van der Waals surface area contributed by atoms with E-state index in [2.05, 4.69) is 20.4 Å². The van der Waals surface area contributed by atoms with Crippen molar-refractivity contribution in [3.8, 4) is 0 Å². The minimum atomic E-state index is 0.666. The molecule has 96 valence electrons. The maximum Gasteiger partial charge on any atom is 0.121 e. The fourth-order valence-electron chi connectivity index (χ4n) is 1.68. The van der Waals surface area contributed by atoms with Crippen molar-refractivity contribution in [3.05, 3.63) is 35.1 Å². The van der Waals surface area contributed by atoms with Crippen molar-refractivity contribution in [2.75, 3.05) is 6.61 Å². The summed E-state index contributed by atoms with van der Waals surface area (Å²) in [6.45, 7) is 9.26. The molecule has 1 rings (SSSR count). The summed E-state index contributed by atoms with van der Waals surface area (Å²) in [5.74, 6) is 1.57. The molecule has 0 bridgehead atoms. The van der Waals surface area contributed by atoms with E-state index in [-0.39, 0.29) is 0 Å². The highest BCUT2D eigenvalue weighted by molar-refractivity contribution is 6.29. The average Bonchev–Trinajstić information content (AvgIpc) is 2.34. The van der Waals surface area contributed by atoms with Crippen LogP contribution in [0.25, 0.3) is 0 Å². The van der Waals surface area contributed by atoms with E-state index in [1.54, 1.807) is 0 Å². The lowest BCUT2D eigenvalue weighted by Gasteiger charge is -2.13. The Bertz CT molecular complexity index is 313. The topological polar surface area (TPSA) is 9.23 Å². The molecule has 0 atom stereocenters. The van der Waals surface area contributed by atoms with E-state index in [9.17, 15) is 0 Å². The van der Waals surface area contributed by atoms with Crippen LogP contribution in [0.4, 0.5) is 0 Å². The van der Waals surface area contributed by atoms with Crippen LogP contribution in [0, 0.1) is 5.92 Å². The van der Waals surface area contributed by atoms with Crippen LogP contribution in [-0.4, -0.2) is 6.61 Å². The number of ether oxygens (including phenoxy) is 1. The van der Waals surface area contributed by atoms with Crippen LogP contribution >= 0.6 is 11.6 Å². The molecule has 0 heterocycles. The molecule has 0 amide bonds. The van der Waals surface area contributed by atoms with Crippen LogP contribution in [0.3, 0.4) is 0 Å². The second kappa shape index (κ2) is 7.60. The summed E-state index contributed by atoms with van der Waals surface area (Å²) in [5.41, 5.74) is 1.09. The Morgan fingerprint density at radius 2 is 2.00 bits per heavy atom. The Kier molecular flexibility index (Phi) is 6.43. The Hall–Kier alpha value is -0.690. The van der Waals surface area contributed by atoms with E-state index in [1.165, 1.54) is 0 Å². The predicted octanol–water partition coefficient (Wildman–Crippen LogP) is 5.19. The van der Waals surface area contributed by atoms with Gasteiger partial charge in [-0.2, -0.15) is 0 Å². The van der Waals surface area contributed by atoms with Crippen molar-refractivity contribution in [1.29, 1.82) is 0 Å². The highest BCUT2D eigenvalue weighted by atomic mass is 35.5. The third-order valence-corrected chi connectivity index (χ3v) is 3.18. The summed E-state index contributed by atoms with van der Waals surface area (Å²) < 4.78 is 5.80. The zero-order valence-corrected chi connectivity index (χ0v) is 11.7. The molecular weight excluding hydrogens is 232 g/mol. The van der Waals surface area contributed by atoms with Gasteiger partial charge in [-0.3, -0.25) is 0 Å². The molecule has 0 aromatic rings. The van der Waals surface area contributed by atoms with Gasteiger partial charge in [0.1, 0.15) is 5.76 Å². The number of rotatable bonds is 4. The lowest BCUT2D eigenvalue weighted by molar-refractivity contribution is 0.201. The fraction of sp³-hybridized carbons (Fsp3) is 0.600. The van der Waals surface area contributed by atoms with Gasteiger partial charge in [0.2, 0.25) is 0 Å². The third kappa shape index (κ3) is 5.97. The van der Waals surface area contributed by atoms with E-state index in [0.717, 1.165) is 55.1 Å². The Labute approximate surface area is 110 Å². The lowest BCUT2D eigenvalue weighted by atomic mass is 10.1. The van der Waals surface area contributed by atoms with Crippen molar-refractivity contribution in [2.24, 2.45) is 5.92 Å². The molecule has 0 N–H and O–H groups in total. The van der Waals surface area contributed by atoms with Crippen molar-refractivity contribution in [1.82, 2.24) is 0 Å². The molecule has 2 heteroatoms. The van der Waals surface area contributed by atoms with E-state index >= 15 is 0 Å². The van der Waals surface area contributed by atoms with Gasteiger partial charge in [0.05, 0.1) is 6.61 Å². The summed E-state index contributed by atoms with van der Waals surface area (Å²) in [6, 6.07) is 0. The first kappa shape index (κ1) is 14.4. The standard InChI is InChI=1S/C15H23ClO/c1-12(2)10-11-17-15-9-8-14(16)7-5-4-6-13(15)3/h8-9,12H,3-7,10-11H2,1-2H3/b14-8+,15-9?. The number of halogens is 1. The Balaban J connectivity index is 2.59. The Morgan fingerprint density at radius 1 is 1.29 bits per heavy atom. The van der Waals surface area contributed by atoms with Crippen LogP contribution in [0.5, 0.6) is 0 Å². The predicted molar refractivity (Wildman–Crippen MR) is 75.0 cm³/mol. The molecule has 0 unspecified atom stereocenters. The minimum absolute atomic E-state index is 0.666. The van der Waals surface area contributed by atoms with Gasteiger partial charge in [0, 0.05) is 5.03 Å². The van der Waals surface area contributed by atoms with Gasteiger partial charge in [-0.05, 0) is 55.7 Å². The van der Waals surface area contributed by atoms with Gasteiger partial charge in [-0.15, -0.1) is 0 Å². The maximum absolute atomic E-state index is 6.09. The fourth-order valence-corrected chi connectivity index (χ4v) is 1.87. The highest BCUT2D eigenvalue weighted by Crippen LogP contribution is 2.23. The maximum atomic E-state index is 6.09. The van der Waals surface area contributed by atoms with Crippen molar-refractivity contribution in [2.45, 2.75) is 46.0 Å². The molecule has 1 aliphatic rings. The Morgan fingerprint density at radius 3 is 2.71 bits per heavy atom. The van der Waals surface area contributed by atoms with Gasteiger partial charge in [-0.1, -0.05) is 32.0 Å². The van der Waals surface area contributed by atoms with Gasteiger partial charge in [0.25, 0.3) is 0 Å². The van der Waals surface area contributed by atoms with Crippen LogP contribution < -0.4 is 0 Å². The third-order valence-electron chi connectivity index (χ3n) is 2.86. The molecule has 0 aromatic heterocycles. The quantitative estimate of drug-likeness (QED) is 0.671. The van der Waals surface area contributed by atoms with Crippen LogP contribution in [0.1, 0.15) is 46.0 Å². The molecule has 0 saturated heterocycles. The molecule has 0 aliphatic heterocycles. The second-order valence-corrected chi connectivity index (χ2v) is 5.47. The molecule has 1 aliphatic carbocycles. The summed E-state index contributed by atoms with van der Waals surface area (Å²) in [7, 11) is 0. The smallest absolute Gasteiger partial charge is 0.121 e. The van der Waals surface area contributed by atoms with Crippen LogP contribution in [-0.2, 0) is 4.74 Å². The molecule has 17 heavy (non-hydrogen) atoms. The van der Waals surface area contributed by atoms with Gasteiger partial charge < -0.3 is 4.74 Å². The van der Waals surface area contributed by atoms with Gasteiger partial charge in [-0.25, -0.2) is 0 Å². The van der Waals surface area contributed by atoms with Crippen molar-refractivity contribution < 1.29 is 4.74 Å². The van der Waals surface area contributed by atoms with E-state index < -0.39 is 0 Å². The van der Waals surface area contributed by atoms with E-state index in [1.807, 2.05) is 12.2 Å². The van der Waals surface area contributed by atoms with Gasteiger partial charge >= 0.3 is 0 Å². The van der Waals surface area contributed by atoms with Crippen molar-refractivity contribution in [3.63, 3.8) is 0 Å². The minimum Gasteiger partial charge on any atom is -0.493 e. The molecular formula is C15H23ClO. The average molecular weight is 255 g/mol. The molecule has 1 nitrogen and oxygen atoms in total. The first-order valence-corrected chi connectivity index (χ1v) is 6.84. The molecule has 0 aromatic carbocycles. The summed E-state index contributed by atoms with van der Waals surface area (Å²) >= 11 is 6.09. The number of hydrogen-bond donors (Lipinski definition) is 0. The first-order valence-electron chi connectivity index (χ1n) is 6.47. The van der Waals surface area contributed by atoms with Crippen LogP contribution in [0.2, 0.25) is 0 Å². The second-order valence-electron chi connectivity index (χ2n) is 4.99. The van der Waals surface area contributed by atoms with Crippen molar-refractivity contribution >= 4 is 11.6 Å². The first-order chi connectivity index (χ1) is 8.09. The normalized spacial score (nSPS) is 21.1. The summed E-state index contributed by atoms with van der Waals surface area (Å²) in [6.07, 6.45) is 9.21. The molecule has 0 radical (unpaired) electrons. The highest BCUT2D eigenvalue weighted by Gasteiger charge is 2.07. The largest absolute Gasteiger partial charge is 0.493 e. The van der Waals surface area contributed by atoms with E-state index in [0.29, 0.717) is 5.92 Å². The lowest BCUT2D eigenvalue weighted by Crippen LogP contribution is -2.01. The van der Waals surface area contributed by atoms with Crippen LogP contribution in [0.15, 0.2) is 35.1 Å². The number of hydrogen-bond acceptors (Lipinski definition) is 1. The molecule has 0 spiro atoms.